The SMILES string of the molecule is CC1CCCCC1CN=C(N)N1CCOCC1. The molecule has 1 saturated heterocycles. The highest BCUT2D eigenvalue weighted by Gasteiger charge is 2.21. The summed E-state index contributed by atoms with van der Waals surface area (Å²) in [5, 5.41) is 0. The van der Waals surface area contributed by atoms with E-state index in [1.807, 2.05) is 0 Å². The van der Waals surface area contributed by atoms with Crippen molar-refractivity contribution >= 4 is 5.96 Å². The van der Waals surface area contributed by atoms with Gasteiger partial charge >= 0.3 is 0 Å². The topological polar surface area (TPSA) is 50.8 Å². The molecular weight excluding hydrogens is 214 g/mol. The van der Waals surface area contributed by atoms with Gasteiger partial charge in [-0.1, -0.05) is 26.2 Å². The lowest BCUT2D eigenvalue weighted by atomic mass is 9.80. The summed E-state index contributed by atoms with van der Waals surface area (Å²) in [6, 6.07) is 0. The predicted molar refractivity (Wildman–Crippen MR) is 70.0 cm³/mol. The number of ether oxygens (including phenoxy) is 1. The van der Waals surface area contributed by atoms with E-state index in [0.29, 0.717) is 5.96 Å². The van der Waals surface area contributed by atoms with Crippen LogP contribution in [0, 0.1) is 11.8 Å². The molecule has 0 aromatic carbocycles. The van der Waals surface area contributed by atoms with Gasteiger partial charge in [-0.05, 0) is 18.3 Å². The van der Waals surface area contributed by atoms with Gasteiger partial charge < -0.3 is 15.4 Å². The molecule has 2 fully saturated rings. The van der Waals surface area contributed by atoms with Crippen LogP contribution in [0.5, 0.6) is 0 Å². The number of aliphatic imine (C=N–C) groups is 1. The monoisotopic (exact) mass is 239 g/mol. The van der Waals surface area contributed by atoms with Gasteiger partial charge in [0.15, 0.2) is 5.96 Å². The minimum absolute atomic E-state index is 0.714. The Morgan fingerprint density at radius 3 is 2.71 bits per heavy atom. The third-order valence-electron chi connectivity index (χ3n) is 4.11. The van der Waals surface area contributed by atoms with Gasteiger partial charge in [-0.15, -0.1) is 0 Å². The molecule has 0 aromatic rings. The molecule has 0 amide bonds. The number of guanidine groups is 1. The Morgan fingerprint density at radius 2 is 2.00 bits per heavy atom. The van der Waals surface area contributed by atoms with Crippen LogP contribution in [0.15, 0.2) is 4.99 Å². The zero-order chi connectivity index (χ0) is 12.1. The molecule has 4 nitrogen and oxygen atoms in total. The average molecular weight is 239 g/mol. The van der Waals surface area contributed by atoms with Gasteiger partial charge in [0, 0.05) is 19.6 Å². The number of hydrogen-bond donors (Lipinski definition) is 1. The molecule has 98 valence electrons. The summed E-state index contributed by atoms with van der Waals surface area (Å²) in [5.74, 6) is 2.26. The quantitative estimate of drug-likeness (QED) is 0.586. The summed E-state index contributed by atoms with van der Waals surface area (Å²) < 4.78 is 5.31. The van der Waals surface area contributed by atoms with E-state index in [4.69, 9.17) is 10.5 Å². The second kappa shape index (κ2) is 6.24. The van der Waals surface area contributed by atoms with Crippen LogP contribution in [0.3, 0.4) is 0 Å². The Hall–Kier alpha value is -0.770. The van der Waals surface area contributed by atoms with Crippen LogP contribution >= 0.6 is 0 Å². The molecule has 4 heteroatoms. The van der Waals surface area contributed by atoms with Crippen LogP contribution in [0.2, 0.25) is 0 Å². The maximum Gasteiger partial charge on any atom is 0.191 e. The third kappa shape index (κ3) is 3.60. The minimum atomic E-state index is 0.714. The number of rotatable bonds is 2. The smallest absolute Gasteiger partial charge is 0.191 e. The summed E-state index contributed by atoms with van der Waals surface area (Å²) in [5.41, 5.74) is 6.03. The van der Waals surface area contributed by atoms with Crippen molar-refractivity contribution in [1.82, 2.24) is 4.90 Å². The van der Waals surface area contributed by atoms with E-state index in [1.165, 1.54) is 25.7 Å². The lowest BCUT2D eigenvalue weighted by Crippen LogP contribution is -2.45. The first kappa shape index (κ1) is 12.7. The first-order chi connectivity index (χ1) is 8.27. The molecule has 0 spiro atoms. The number of hydrogen-bond acceptors (Lipinski definition) is 2. The van der Waals surface area contributed by atoms with Gasteiger partial charge in [0.1, 0.15) is 0 Å². The van der Waals surface area contributed by atoms with Crippen molar-refractivity contribution in [3.8, 4) is 0 Å². The van der Waals surface area contributed by atoms with Crippen molar-refractivity contribution in [1.29, 1.82) is 0 Å². The van der Waals surface area contributed by atoms with Gasteiger partial charge in [-0.25, -0.2) is 0 Å². The highest BCUT2D eigenvalue weighted by molar-refractivity contribution is 5.78. The Bertz CT molecular complexity index is 261. The van der Waals surface area contributed by atoms with Gasteiger partial charge in [0.2, 0.25) is 0 Å². The fraction of sp³-hybridized carbons (Fsp3) is 0.923. The normalized spacial score (nSPS) is 31.6. The van der Waals surface area contributed by atoms with Crippen LogP contribution in [0.4, 0.5) is 0 Å². The molecule has 2 rings (SSSR count). The second-order valence-electron chi connectivity index (χ2n) is 5.32. The maximum absolute atomic E-state index is 6.03. The van der Waals surface area contributed by atoms with E-state index in [2.05, 4.69) is 16.8 Å². The Labute approximate surface area is 104 Å². The molecular formula is C13H25N3O. The van der Waals surface area contributed by atoms with Crippen LogP contribution in [0.1, 0.15) is 32.6 Å². The van der Waals surface area contributed by atoms with Crippen molar-refractivity contribution in [2.45, 2.75) is 32.6 Å². The van der Waals surface area contributed by atoms with Crippen molar-refractivity contribution in [3.63, 3.8) is 0 Å². The van der Waals surface area contributed by atoms with Gasteiger partial charge in [-0.2, -0.15) is 0 Å². The Kier molecular flexibility index (Phi) is 4.66. The molecule has 2 unspecified atom stereocenters. The van der Waals surface area contributed by atoms with E-state index >= 15 is 0 Å². The summed E-state index contributed by atoms with van der Waals surface area (Å²) in [7, 11) is 0. The fourth-order valence-corrected chi connectivity index (χ4v) is 2.77. The largest absolute Gasteiger partial charge is 0.378 e. The second-order valence-corrected chi connectivity index (χ2v) is 5.32. The lowest BCUT2D eigenvalue weighted by molar-refractivity contribution is 0.0673. The molecule has 17 heavy (non-hydrogen) atoms. The first-order valence-corrected chi connectivity index (χ1v) is 6.90. The number of morpholine rings is 1. The van der Waals surface area contributed by atoms with Crippen LogP contribution in [-0.4, -0.2) is 43.7 Å². The third-order valence-corrected chi connectivity index (χ3v) is 4.11. The minimum Gasteiger partial charge on any atom is -0.378 e. The molecule has 2 atom stereocenters. The highest BCUT2D eigenvalue weighted by Crippen LogP contribution is 2.29. The van der Waals surface area contributed by atoms with Crippen LogP contribution in [0.25, 0.3) is 0 Å². The highest BCUT2D eigenvalue weighted by atomic mass is 16.5. The molecule has 1 aliphatic heterocycles. The first-order valence-electron chi connectivity index (χ1n) is 6.90. The van der Waals surface area contributed by atoms with Crippen LogP contribution < -0.4 is 5.73 Å². The number of nitrogens with two attached hydrogens (primary N) is 1. The molecule has 0 aromatic heterocycles. The summed E-state index contributed by atoms with van der Waals surface area (Å²) >= 11 is 0. The van der Waals surface area contributed by atoms with Gasteiger partial charge in [0.25, 0.3) is 0 Å². The van der Waals surface area contributed by atoms with E-state index < -0.39 is 0 Å². The molecule has 2 N–H and O–H groups in total. The van der Waals surface area contributed by atoms with Crippen LogP contribution in [-0.2, 0) is 4.74 Å². The summed E-state index contributed by atoms with van der Waals surface area (Å²) in [6.45, 7) is 6.58. The van der Waals surface area contributed by atoms with Gasteiger partial charge in [-0.3, -0.25) is 4.99 Å². The zero-order valence-electron chi connectivity index (χ0n) is 10.9. The van der Waals surface area contributed by atoms with Crippen molar-refractivity contribution in [2.75, 3.05) is 32.8 Å². The van der Waals surface area contributed by atoms with Crippen molar-refractivity contribution in [3.05, 3.63) is 0 Å². The average Bonchev–Trinajstić information content (AvgIpc) is 2.38. The molecule has 1 heterocycles. The Morgan fingerprint density at radius 1 is 1.29 bits per heavy atom. The summed E-state index contributed by atoms with van der Waals surface area (Å²) in [6.07, 6.45) is 5.43. The van der Waals surface area contributed by atoms with E-state index in [9.17, 15) is 0 Å². The number of nitrogens with zero attached hydrogens (tertiary/aromatic N) is 2. The zero-order valence-corrected chi connectivity index (χ0v) is 10.9. The van der Waals surface area contributed by atoms with E-state index in [1.54, 1.807) is 0 Å². The van der Waals surface area contributed by atoms with Crippen molar-refractivity contribution < 1.29 is 4.74 Å². The van der Waals surface area contributed by atoms with Gasteiger partial charge in [0.05, 0.1) is 13.2 Å². The Balaban J connectivity index is 1.81. The maximum atomic E-state index is 6.03. The lowest BCUT2D eigenvalue weighted by Gasteiger charge is -2.30. The fourth-order valence-electron chi connectivity index (χ4n) is 2.77. The van der Waals surface area contributed by atoms with E-state index in [-0.39, 0.29) is 0 Å². The summed E-state index contributed by atoms with van der Waals surface area (Å²) in [4.78, 5) is 6.72. The molecule has 0 bridgehead atoms. The molecule has 0 radical (unpaired) electrons. The molecule has 1 aliphatic carbocycles. The predicted octanol–water partition coefficient (Wildman–Crippen LogP) is 1.46. The molecule has 1 saturated carbocycles. The standard InChI is InChI=1S/C13H25N3O/c1-11-4-2-3-5-12(11)10-15-13(14)16-6-8-17-9-7-16/h11-12H,2-10H2,1H3,(H2,14,15). The van der Waals surface area contributed by atoms with Crippen molar-refractivity contribution in [2.24, 2.45) is 22.6 Å². The van der Waals surface area contributed by atoms with E-state index in [0.717, 1.165) is 44.7 Å². The molecule has 2 aliphatic rings.